The number of aryl methyl sites for hydroxylation is 1. The number of hydrogen-bond acceptors (Lipinski definition) is 3. The Bertz CT molecular complexity index is 917. The number of ether oxygens (including phenoxy) is 1. The molecule has 0 bridgehead atoms. The van der Waals surface area contributed by atoms with Gasteiger partial charge in [-0.15, -0.1) is 0 Å². The number of imidazole rings is 1. The third kappa shape index (κ3) is 3.87. The predicted octanol–water partition coefficient (Wildman–Crippen LogP) is 3.75. The number of fused-ring (bicyclic) bond motifs is 1. The zero-order valence-corrected chi connectivity index (χ0v) is 15.4. The molecule has 0 saturated carbocycles. The third-order valence-corrected chi connectivity index (χ3v) is 5.11. The topological polar surface area (TPSA) is 56.1 Å². The van der Waals surface area contributed by atoms with Gasteiger partial charge in [0.15, 0.2) is 0 Å². The first kappa shape index (κ1) is 17.3. The van der Waals surface area contributed by atoms with E-state index in [1.54, 1.807) is 19.6 Å². The first-order chi connectivity index (χ1) is 13.2. The molecule has 1 atom stereocenters. The first-order valence-electron chi connectivity index (χ1n) is 9.25. The van der Waals surface area contributed by atoms with E-state index in [4.69, 9.17) is 4.74 Å². The standard InChI is InChI=1S/C22H23N3O2/c1-27-19-9-10-20-18(13-19)3-2-4-21(20)24-22(26)17-7-5-16(6-8-17)14-25-12-11-23-15-25/h5-13,15,21H,2-4,14H2,1H3,(H,24,26). The zero-order chi connectivity index (χ0) is 18.6. The second-order valence-corrected chi connectivity index (χ2v) is 6.91. The van der Waals surface area contributed by atoms with Gasteiger partial charge in [-0.25, -0.2) is 4.98 Å². The minimum atomic E-state index is -0.0298. The van der Waals surface area contributed by atoms with Crippen molar-refractivity contribution >= 4 is 5.91 Å². The molecule has 0 aliphatic heterocycles. The van der Waals surface area contributed by atoms with Gasteiger partial charge in [-0.05, 0) is 60.2 Å². The van der Waals surface area contributed by atoms with E-state index < -0.39 is 0 Å². The Kier molecular flexibility index (Phi) is 4.92. The van der Waals surface area contributed by atoms with Gasteiger partial charge in [0.2, 0.25) is 0 Å². The van der Waals surface area contributed by atoms with Crippen molar-refractivity contribution in [1.82, 2.24) is 14.9 Å². The summed E-state index contributed by atoms with van der Waals surface area (Å²) in [6.45, 7) is 0.750. The summed E-state index contributed by atoms with van der Waals surface area (Å²) in [7, 11) is 1.68. The van der Waals surface area contributed by atoms with Crippen LogP contribution in [0.3, 0.4) is 0 Å². The van der Waals surface area contributed by atoms with Gasteiger partial charge in [0.25, 0.3) is 5.91 Å². The molecule has 0 fully saturated rings. The number of carbonyl (C=O) groups is 1. The van der Waals surface area contributed by atoms with Crippen LogP contribution in [0.2, 0.25) is 0 Å². The smallest absolute Gasteiger partial charge is 0.251 e. The normalized spacial score (nSPS) is 15.8. The number of aromatic nitrogens is 2. The molecule has 5 heteroatoms. The Morgan fingerprint density at radius 1 is 1.26 bits per heavy atom. The lowest BCUT2D eigenvalue weighted by Gasteiger charge is -2.27. The van der Waals surface area contributed by atoms with Crippen LogP contribution >= 0.6 is 0 Å². The third-order valence-electron chi connectivity index (χ3n) is 5.11. The monoisotopic (exact) mass is 361 g/mol. The number of nitrogens with zero attached hydrogens (tertiary/aromatic N) is 2. The fourth-order valence-electron chi connectivity index (χ4n) is 3.66. The van der Waals surface area contributed by atoms with Crippen LogP contribution in [-0.2, 0) is 13.0 Å². The minimum absolute atomic E-state index is 0.0298. The maximum atomic E-state index is 12.7. The molecule has 0 radical (unpaired) electrons. The molecular formula is C22H23N3O2. The number of benzene rings is 2. The molecule has 5 nitrogen and oxygen atoms in total. The van der Waals surface area contributed by atoms with Crippen LogP contribution in [0.5, 0.6) is 5.75 Å². The van der Waals surface area contributed by atoms with Gasteiger partial charge in [-0.2, -0.15) is 0 Å². The summed E-state index contributed by atoms with van der Waals surface area (Å²) >= 11 is 0. The molecule has 0 saturated heterocycles. The Morgan fingerprint density at radius 2 is 2.11 bits per heavy atom. The van der Waals surface area contributed by atoms with Crippen molar-refractivity contribution in [2.75, 3.05) is 7.11 Å². The van der Waals surface area contributed by atoms with E-state index in [2.05, 4.69) is 22.4 Å². The lowest BCUT2D eigenvalue weighted by atomic mass is 9.87. The van der Waals surface area contributed by atoms with Crippen LogP contribution in [-0.4, -0.2) is 22.6 Å². The Hall–Kier alpha value is -3.08. The van der Waals surface area contributed by atoms with Gasteiger partial charge in [0.05, 0.1) is 19.5 Å². The Labute approximate surface area is 159 Å². The zero-order valence-electron chi connectivity index (χ0n) is 15.4. The molecule has 1 N–H and O–H groups in total. The van der Waals surface area contributed by atoms with Crippen molar-refractivity contribution in [2.24, 2.45) is 0 Å². The molecule has 1 aliphatic carbocycles. The van der Waals surface area contributed by atoms with Crippen molar-refractivity contribution in [2.45, 2.75) is 31.8 Å². The fourth-order valence-corrected chi connectivity index (χ4v) is 3.66. The first-order valence-corrected chi connectivity index (χ1v) is 9.25. The van der Waals surface area contributed by atoms with E-state index in [0.717, 1.165) is 37.1 Å². The van der Waals surface area contributed by atoms with E-state index in [-0.39, 0.29) is 11.9 Å². The summed E-state index contributed by atoms with van der Waals surface area (Å²) in [4.78, 5) is 16.8. The van der Waals surface area contributed by atoms with Crippen LogP contribution in [0.25, 0.3) is 0 Å². The number of nitrogens with one attached hydrogen (secondary N) is 1. The summed E-state index contributed by atoms with van der Waals surface area (Å²) in [5, 5.41) is 3.20. The summed E-state index contributed by atoms with van der Waals surface area (Å²) in [6.07, 6.45) is 8.53. The molecule has 1 heterocycles. The average molecular weight is 361 g/mol. The highest BCUT2D eigenvalue weighted by Crippen LogP contribution is 2.32. The number of hydrogen-bond donors (Lipinski definition) is 1. The lowest BCUT2D eigenvalue weighted by molar-refractivity contribution is 0.0932. The molecule has 1 amide bonds. The predicted molar refractivity (Wildman–Crippen MR) is 104 cm³/mol. The van der Waals surface area contributed by atoms with Crippen LogP contribution < -0.4 is 10.1 Å². The summed E-state index contributed by atoms with van der Waals surface area (Å²) in [6, 6.07) is 13.9. The van der Waals surface area contributed by atoms with Gasteiger partial charge in [-0.1, -0.05) is 18.2 Å². The highest BCUT2D eigenvalue weighted by molar-refractivity contribution is 5.94. The number of carbonyl (C=O) groups excluding carboxylic acids is 1. The molecule has 27 heavy (non-hydrogen) atoms. The molecule has 2 aromatic carbocycles. The molecular weight excluding hydrogens is 338 g/mol. The number of rotatable bonds is 5. The van der Waals surface area contributed by atoms with E-state index in [1.807, 2.05) is 41.1 Å². The summed E-state index contributed by atoms with van der Waals surface area (Å²) in [5.41, 5.74) is 4.29. The summed E-state index contributed by atoms with van der Waals surface area (Å²) in [5.74, 6) is 0.840. The molecule has 1 unspecified atom stereocenters. The van der Waals surface area contributed by atoms with Crippen LogP contribution in [0.4, 0.5) is 0 Å². The Morgan fingerprint density at radius 3 is 2.85 bits per heavy atom. The highest BCUT2D eigenvalue weighted by atomic mass is 16.5. The maximum absolute atomic E-state index is 12.7. The molecule has 1 aromatic heterocycles. The average Bonchev–Trinajstić information content (AvgIpc) is 3.21. The van der Waals surface area contributed by atoms with Gasteiger partial charge in [0.1, 0.15) is 5.75 Å². The van der Waals surface area contributed by atoms with Crippen LogP contribution in [0.1, 0.15) is 45.9 Å². The van der Waals surface area contributed by atoms with E-state index in [9.17, 15) is 4.79 Å². The van der Waals surface area contributed by atoms with Gasteiger partial charge < -0.3 is 14.6 Å². The largest absolute Gasteiger partial charge is 0.497 e. The van der Waals surface area contributed by atoms with Crippen molar-refractivity contribution in [3.8, 4) is 5.75 Å². The molecule has 0 spiro atoms. The molecule has 3 aromatic rings. The van der Waals surface area contributed by atoms with Crippen molar-refractivity contribution in [3.05, 3.63) is 83.4 Å². The van der Waals surface area contributed by atoms with E-state index in [1.165, 1.54) is 11.1 Å². The van der Waals surface area contributed by atoms with Gasteiger partial charge >= 0.3 is 0 Å². The number of methoxy groups -OCH3 is 1. The molecule has 4 rings (SSSR count). The maximum Gasteiger partial charge on any atom is 0.251 e. The SMILES string of the molecule is COc1ccc2c(c1)CCCC2NC(=O)c1ccc(Cn2ccnc2)cc1. The van der Waals surface area contributed by atoms with E-state index in [0.29, 0.717) is 5.56 Å². The van der Waals surface area contributed by atoms with Crippen LogP contribution in [0, 0.1) is 0 Å². The fraction of sp³-hybridized carbons (Fsp3) is 0.273. The van der Waals surface area contributed by atoms with Crippen LogP contribution in [0.15, 0.2) is 61.2 Å². The van der Waals surface area contributed by atoms with Crippen molar-refractivity contribution in [1.29, 1.82) is 0 Å². The second-order valence-electron chi connectivity index (χ2n) is 6.91. The highest BCUT2D eigenvalue weighted by Gasteiger charge is 2.22. The number of amides is 1. The van der Waals surface area contributed by atoms with Crippen molar-refractivity contribution in [3.63, 3.8) is 0 Å². The van der Waals surface area contributed by atoms with Gasteiger partial charge in [0, 0.05) is 24.5 Å². The molecule has 1 aliphatic rings. The van der Waals surface area contributed by atoms with Crippen molar-refractivity contribution < 1.29 is 9.53 Å². The second kappa shape index (κ2) is 7.66. The Balaban J connectivity index is 1.45. The minimum Gasteiger partial charge on any atom is -0.497 e. The molecule has 138 valence electrons. The summed E-state index contributed by atoms with van der Waals surface area (Å²) < 4.78 is 7.32. The van der Waals surface area contributed by atoms with Gasteiger partial charge in [-0.3, -0.25) is 4.79 Å². The van der Waals surface area contributed by atoms with E-state index >= 15 is 0 Å². The lowest BCUT2D eigenvalue weighted by Crippen LogP contribution is -2.31. The quantitative estimate of drug-likeness (QED) is 0.753.